The summed E-state index contributed by atoms with van der Waals surface area (Å²) < 4.78 is 0. The van der Waals surface area contributed by atoms with Crippen molar-refractivity contribution in [3.63, 3.8) is 0 Å². The number of hydrogen-bond donors (Lipinski definition) is 2. The topological polar surface area (TPSA) is 98.8 Å². The quantitative estimate of drug-likeness (QED) is 0.308. The summed E-state index contributed by atoms with van der Waals surface area (Å²) in [5.74, 6) is 0.104. The van der Waals surface area contributed by atoms with Gasteiger partial charge >= 0.3 is 0 Å². The van der Waals surface area contributed by atoms with E-state index in [0.717, 1.165) is 90.4 Å². The van der Waals surface area contributed by atoms with Gasteiger partial charge in [0.2, 0.25) is 11.8 Å². The zero-order valence-corrected chi connectivity index (χ0v) is 23.5. The molecule has 2 fully saturated rings. The molecule has 2 saturated heterocycles. The van der Waals surface area contributed by atoms with Crippen molar-refractivity contribution >= 4 is 35.0 Å². The summed E-state index contributed by atoms with van der Waals surface area (Å²) in [4.78, 5) is 53.1. The summed E-state index contributed by atoms with van der Waals surface area (Å²) in [6.45, 7) is 3.30. The van der Waals surface area contributed by atoms with Gasteiger partial charge < -0.3 is 20.4 Å². The fourth-order valence-electron chi connectivity index (χ4n) is 5.32. The average Bonchev–Trinajstić information content (AvgIpc) is 3.70. The third-order valence-electron chi connectivity index (χ3n) is 7.68. The van der Waals surface area contributed by atoms with Gasteiger partial charge in [0.15, 0.2) is 0 Å². The second-order valence-corrected chi connectivity index (χ2v) is 10.9. The Hall–Kier alpha value is -3.68. The molecule has 0 bridgehead atoms. The van der Waals surface area contributed by atoms with E-state index in [1.807, 2.05) is 9.80 Å². The lowest BCUT2D eigenvalue weighted by molar-refractivity contribution is -0.117. The molecule has 0 unspecified atom stereocenters. The van der Waals surface area contributed by atoms with Crippen LogP contribution in [0.3, 0.4) is 0 Å². The summed E-state index contributed by atoms with van der Waals surface area (Å²) in [5.41, 5.74) is 2.76. The highest BCUT2D eigenvalue weighted by Gasteiger charge is 2.20. The minimum absolute atomic E-state index is 0.0104. The van der Waals surface area contributed by atoms with Gasteiger partial charge in [0.05, 0.1) is 0 Å². The van der Waals surface area contributed by atoms with E-state index >= 15 is 0 Å². The Morgan fingerprint density at radius 1 is 0.500 bits per heavy atom. The first-order valence-corrected chi connectivity index (χ1v) is 14.9. The number of amides is 4. The second-order valence-electron chi connectivity index (χ2n) is 10.9. The Bertz CT molecular complexity index is 1040. The number of rotatable bonds is 13. The normalized spacial score (nSPS) is 14.8. The van der Waals surface area contributed by atoms with Crippen LogP contribution >= 0.6 is 0 Å². The van der Waals surface area contributed by atoms with Crippen LogP contribution in [0.25, 0.3) is 0 Å². The summed E-state index contributed by atoms with van der Waals surface area (Å²) in [6.07, 6.45) is 10.9. The largest absolute Gasteiger partial charge is 0.339 e. The first-order valence-electron chi connectivity index (χ1n) is 14.9. The van der Waals surface area contributed by atoms with E-state index in [1.54, 1.807) is 48.5 Å². The average molecular weight is 547 g/mol. The SMILES string of the molecule is O=C(CCCCCCCCC(=O)Nc1ccc(C(=O)N2CCCC2)cc1)Nc1ccc(C(=O)N2CCCC2)cc1. The molecule has 0 saturated carbocycles. The molecule has 2 aromatic rings. The molecule has 40 heavy (non-hydrogen) atoms. The molecule has 214 valence electrons. The number of hydrogen-bond acceptors (Lipinski definition) is 4. The van der Waals surface area contributed by atoms with Crippen molar-refractivity contribution in [2.75, 3.05) is 36.8 Å². The predicted octanol–water partition coefficient (Wildman–Crippen LogP) is 5.86. The van der Waals surface area contributed by atoms with Crippen molar-refractivity contribution in [3.05, 3.63) is 59.7 Å². The Balaban J connectivity index is 1.02. The standard InChI is InChI=1S/C32H42N4O4/c37-29(33-27-17-13-25(14-18-27)31(39)35-21-7-8-22-35)11-5-3-1-2-4-6-12-30(38)34-28-19-15-26(16-20-28)32(40)36-23-9-10-24-36/h13-20H,1-12,21-24H2,(H,33,37)(H,34,38). The van der Waals surface area contributed by atoms with Crippen LogP contribution in [0.2, 0.25) is 0 Å². The Labute approximate surface area is 237 Å². The molecule has 0 aliphatic carbocycles. The summed E-state index contributed by atoms with van der Waals surface area (Å²) in [5, 5.41) is 5.83. The fraction of sp³-hybridized carbons (Fsp3) is 0.500. The minimum Gasteiger partial charge on any atom is -0.339 e. The van der Waals surface area contributed by atoms with Crippen molar-refractivity contribution in [3.8, 4) is 0 Å². The molecule has 4 rings (SSSR count). The van der Waals surface area contributed by atoms with Crippen LogP contribution in [0.4, 0.5) is 11.4 Å². The number of benzene rings is 2. The molecular weight excluding hydrogens is 504 g/mol. The van der Waals surface area contributed by atoms with E-state index in [-0.39, 0.29) is 23.6 Å². The van der Waals surface area contributed by atoms with Gasteiger partial charge in [0, 0.05) is 61.5 Å². The molecule has 0 aromatic heterocycles. The van der Waals surface area contributed by atoms with Gasteiger partial charge in [-0.25, -0.2) is 0 Å². The number of carbonyl (C=O) groups is 4. The van der Waals surface area contributed by atoms with Crippen LogP contribution in [0.5, 0.6) is 0 Å². The summed E-state index contributed by atoms with van der Waals surface area (Å²) >= 11 is 0. The maximum absolute atomic E-state index is 12.4. The van der Waals surface area contributed by atoms with Crippen LogP contribution in [-0.2, 0) is 9.59 Å². The van der Waals surface area contributed by atoms with E-state index in [0.29, 0.717) is 35.3 Å². The lowest BCUT2D eigenvalue weighted by Gasteiger charge is -2.15. The Morgan fingerprint density at radius 2 is 0.825 bits per heavy atom. The Kier molecular flexibility index (Phi) is 11.1. The van der Waals surface area contributed by atoms with Crippen molar-refractivity contribution < 1.29 is 19.2 Å². The van der Waals surface area contributed by atoms with Crippen LogP contribution in [0, 0.1) is 0 Å². The molecule has 2 N–H and O–H groups in total. The summed E-state index contributed by atoms with van der Waals surface area (Å²) in [6, 6.07) is 14.3. The highest BCUT2D eigenvalue weighted by atomic mass is 16.2. The number of carbonyl (C=O) groups excluding carboxylic acids is 4. The van der Waals surface area contributed by atoms with Gasteiger partial charge in [-0.1, -0.05) is 25.7 Å². The van der Waals surface area contributed by atoms with E-state index in [9.17, 15) is 19.2 Å². The van der Waals surface area contributed by atoms with E-state index < -0.39 is 0 Å². The second kappa shape index (κ2) is 15.2. The van der Waals surface area contributed by atoms with Gasteiger partial charge in [-0.05, 0) is 87.1 Å². The number of likely N-dealkylation sites (tertiary alicyclic amines) is 2. The van der Waals surface area contributed by atoms with Crippen LogP contribution in [0.1, 0.15) is 97.8 Å². The van der Waals surface area contributed by atoms with E-state index in [4.69, 9.17) is 0 Å². The van der Waals surface area contributed by atoms with Crippen molar-refractivity contribution in [1.82, 2.24) is 9.80 Å². The summed E-state index contributed by atoms with van der Waals surface area (Å²) in [7, 11) is 0. The molecule has 2 aliphatic rings. The highest BCUT2D eigenvalue weighted by molar-refractivity contribution is 5.96. The van der Waals surface area contributed by atoms with Gasteiger partial charge in [-0.15, -0.1) is 0 Å². The van der Waals surface area contributed by atoms with Crippen molar-refractivity contribution in [2.24, 2.45) is 0 Å². The molecule has 2 aliphatic heterocycles. The molecule has 0 spiro atoms. The third-order valence-corrected chi connectivity index (χ3v) is 7.68. The number of unbranched alkanes of at least 4 members (excludes halogenated alkanes) is 5. The van der Waals surface area contributed by atoms with Gasteiger partial charge in [-0.3, -0.25) is 19.2 Å². The smallest absolute Gasteiger partial charge is 0.253 e. The molecule has 0 atom stereocenters. The van der Waals surface area contributed by atoms with Crippen LogP contribution in [-0.4, -0.2) is 59.6 Å². The van der Waals surface area contributed by atoms with Crippen molar-refractivity contribution in [2.45, 2.75) is 77.0 Å². The monoisotopic (exact) mass is 546 g/mol. The van der Waals surface area contributed by atoms with Crippen LogP contribution in [0.15, 0.2) is 48.5 Å². The Morgan fingerprint density at radius 3 is 1.18 bits per heavy atom. The lowest BCUT2D eigenvalue weighted by atomic mass is 10.1. The molecule has 4 amide bonds. The lowest BCUT2D eigenvalue weighted by Crippen LogP contribution is -2.27. The first kappa shape index (κ1) is 29.3. The predicted molar refractivity (Wildman–Crippen MR) is 157 cm³/mol. The van der Waals surface area contributed by atoms with Crippen molar-refractivity contribution in [1.29, 1.82) is 0 Å². The molecule has 8 nitrogen and oxygen atoms in total. The van der Waals surface area contributed by atoms with Gasteiger partial charge in [0.25, 0.3) is 11.8 Å². The fourth-order valence-corrected chi connectivity index (χ4v) is 5.32. The number of nitrogens with one attached hydrogen (secondary N) is 2. The van der Waals surface area contributed by atoms with Gasteiger partial charge in [0.1, 0.15) is 0 Å². The number of nitrogens with zero attached hydrogens (tertiary/aromatic N) is 2. The van der Waals surface area contributed by atoms with E-state index in [2.05, 4.69) is 10.6 Å². The van der Waals surface area contributed by atoms with Crippen LogP contribution < -0.4 is 10.6 Å². The number of anilines is 2. The molecule has 0 radical (unpaired) electrons. The first-order chi connectivity index (χ1) is 19.5. The zero-order chi connectivity index (χ0) is 28.2. The molecule has 2 aromatic carbocycles. The molecule has 8 heteroatoms. The minimum atomic E-state index is -0.0104. The van der Waals surface area contributed by atoms with E-state index in [1.165, 1.54) is 0 Å². The zero-order valence-electron chi connectivity index (χ0n) is 23.5. The maximum Gasteiger partial charge on any atom is 0.253 e. The molecule has 2 heterocycles. The third kappa shape index (κ3) is 8.93. The maximum atomic E-state index is 12.4. The van der Waals surface area contributed by atoms with Gasteiger partial charge in [-0.2, -0.15) is 0 Å². The highest BCUT2D eigenvalue weighted by Crippen LogP contribution is 2.18. The molecular formula is C32H42N4O4.